The van der Waals surface area contributed by atoms with Crippen molar-refractivity contribution in [1.82, 2.24) is 25.1 Å². The Labute approximate surface area is 130 Å². The molecule has 2 aromatic heterocycles. The summed E-state index contributed by atoms with van der Waals surface area (Å²) in [7, 11) is 0. The number of aromatic nitrogens is 4. The van der Waals surface area contributed by atoms with E-state index in [1.165, 1.54) is 0 Å². The first-order valence-corrected chi connectivity index (χ1v) is 7.91. The van der Waals surface area contributed by atoms with Gasteiger partial charge in [0.05, 0.1) is 11.6 Å². The molecule has 0 aliphatic carbocycles. The van der Waals surface area contributed by atoms with Gasteiger partial charge >= 0.3 is 0 Å². The van der Waals surface area contributed by atoms with Gasteiger partial charge in [0.25, 0.3) is 0 Å². The number of nitrogens with one attached hydrogen (secondary N) is 1. The number of anilines is 1. The molecule has 0 fully saturated rings. The van der Waals surface area contributed by atoms with Crippen LogP contribution in [0, 0.1) is 0 Å². The molecule has 116 valence electrons. The van der Waals surface area contributed by atoms with Gasteiger partial charge in [0.1, 0.15) is 5.82 Å². The van der Waals surface area contributed by atoms with Gasteiger partial charge < -0.3 is 9.80 Å². The van der Waals surface area contributed by atoms with Crippen molar-refractivity contribution >= 4 is 28.5 Å². The maximum absolute atomic E-state index is 6.01. The van der Waals surface area contributed by atoms with E-state index in [4.69, 9.17) is 11.6 Å². The summed E-state index contributed by atoms with van der Waals surface area (Å²) in [5, 5.41) is 8.06. The molecule has 0 amide bonds. The predicted molar refractivity (Wildman–Crippen MR) is 87.0 cm³/mol. The minimum absolute atomic E-state index is 0.254. The highest BCUT2D eigenvalue weighted by molar-refractivity contribution is 6.28. The van der Waals surface area contributed by atoms with Crippen molar-refractivity contribution < 1.29 is 0 Å². The Bertz CT molecular complexity index is 566. The van der Waals surface area contributed by atoms with Crippen LogP contribution in [0.4, 0.5) is 5.82 Å². The molecule has 0 saturated carbocycles. The molecule has 1 N–H and O–H groups in total. The SMILES string of the molecule is CCN(CC)CCCN(CC)c1nc(Cl)nc2[nH]ncc12. The summed E-state index contributed by atoms with van der Waals surface area (Å²) < 4.78 is 0. The lowest BCUT2D eigenvalue weighted by molar-refractivity contribution is 0.300. The molecule has 0 bridgehead atoms. The third-order valence-corrected chi connectivity index (χ3v) is 3.91. The van der Waals surface area contributed by atoms with E-state index in [0.717, 1.165) is 50.3 Å². The van der Waals surface area contributed by atoms with Crippen LogP contribution in [0.5, 0.6) is 0 Å². The maximum atomic E-state index is 6.01. The second-order valence-electron chi connectivity index (χ2n) is 4.91. The number of rotatable bonds is 8. The molecule has 21 heavy (non-hydrogen) atoms. The van der Waals surface area contributed by atoms with Gasteiger partial charge in [-0.25, -0.2) is 0 Å². The molecule has 0 aliphatic rings. The van der Waals surface area contributed by atoms with Crippen molar-refractivity contribution in [2.24, 2.45) is 0 Å². The highest BCUT2D eigenvalue weighted by atomic mass is 35.5. The van der Waals surface area contributed by atoms with Crippen LogP contribution in [0.1, 0.15) is 27.2 Å². The summed E-state index contributed by atoms with van der Waals surface area (Å²) in [4.78, 5) is 13.2. The number of halogens is 1. The molecule has 7 heteroatoms. The average molecular weight is 311 g/mol. The fourth-order valence-corrected chi connectivity index (χ4v) is 2.64. The summed E-state index contributed by atoms with van der Waals surface area (Å²) in [6, 6.07) is 0. The molecule has 0 unspecified atom stereocenters. The molecule has 0 atom stereocenters. The van der Waals surface area contributed by atoms with E-state index in [-0.39, 0.29) is 5.28 Å². The van der Waals surface area contributed by atoms with Crippen LogP contribution >= 0.6 is 11.6 Å². The zero-order valence-electron chi connectivity index (χ0n) is 12.9. The normalized spacial score (nSPS) is 11.5. The molecule has 2 rings (SSSR count). The van der Waals surface area contributed by atoms with Gasteiger partial charge in [0.15, 0.2) is 5.65 Å². The van der Waals surface area contributed by atoms with Crippen LogP contribution in [-0.2, 0) is 0 Å². The summed E-state index contributed by atoms with van der Waals surface area (Å²) in [5.41, 5.74) is 0.687. The second-order valence-corrected chi connectivity index (χ2v) is 5.25. The molecule has 2 aromatic rings. The van der Waals surface area contributed by atoms with E-state index < -0.39 is 0 Å². The molecular formula is C14H23ClN6. The van der Waals surface area contributed by atoms with Crippen LogP contribution in [0.3, 0.4) is 0 Å². The Morgan fingerprint density at radius 3 is 2.52 bits per heavy atom. The Morgan fingerprint density at radius 2 is 1.86 bits per heavy atom. The predicted octanol–water partition coefficient (Wildman–Crippen LogP) is 2.56. The third-order valence-electron chi connectivity index (χ3n) is 3.74. The van der Waals surface area contributed by atoms with Gasteiger partial charge in [-0.3, -0.25) is 5.10 Å². The van der Waals surface area contributed by atoms with Gasteiger partial charge in [-0.05, 0) is 44.6 Å². The second kappa shape index (κ2) is 7.56. The van der Waals surface area contributed by atoms with Crippen LogP contribution in [0.15, 0.2) is 6.20 Å². The number of nitrogens with zero attached hydrogens (tertiary/aromatic N) is 5. The lowest BCUT2D eigenvalue weighted by Gasteiger charge is -2.24. The smallest absolute Gasteiger partial charge is 0.226 e. The fourth-order valence-electron chi connectivity index (χ4n) is 2.47. The number of hydrogen-bond acceptors (Lipinski definition) is 5. The van der Waals surface area contributed by atoms with E-state index in [1.54, 1.807) is 6.20 Å². The quantitative estimate of drug-likeness (QED) is 0.759. The molecule has 6 nitrogen and oxygen atoms in total. The van der Waals surface area contributed by atoms with Crippen molar-refractivity contribution in [2.75, 3.05) is 37.6 Å². The average Bonchev–Trinajstić information content (AvgIpc) is 2.95. The molecule has 0 aromatic carbocycles. The zero-order valence-corrected chi connectivity index (χ0v) is 13.7. The van der Waals surface area contributed by atoms with Crippen molar-refractivity contribution in [3.05, 3.63) is 11.5 Å². The summed E-state index contributed by atoms with van der Waals surface area (Å²) >= 11 is 6.01. The summed E-state index contributed by atoms with van der Waals surface area (Å²) in [6.45, 7) is 11.6. The minimum atomic E-state index is 0.254. The topological polar surface area (TPSA) is 60.9 Å². The van der Waals surface area contributed by atoms with Gasteiger partial charge in [-0.15, -0.1) is 0 Å². The van der Waals surface area contributed by atoms with Crippen LogP contribution in [-0.4, -0.2) is 57.8 Å². The van der Waals surface area contributed by atoms with Crippen LogP contribution in [0.25, 0.3) is 11.0 Å². The fraction of sp³-hybridized carbons (Fsp3) is 0.643. The minimum Gasteiger partial charge on any atom is -0.356 e. The Balaban J connectivity index is 2.10. The largest absolute Gasteiger partial charge is 0.356 e. The van der Waals surface area contributed by atoms with E-state index >= 15 is 0 Å². The van der Waals surface area contributed by atoms with E-state index in [2.05, 4.69) is 50.7 Å². The molecule has 0 spiro atoms. The van der Waals surface area contributed by atoms with E-state index in [1.807, 2.05) is 0 Å². The van der Waals surface area contributed by atoms with Crippen molar-refractivity contribution in [3.8, 4) is 0 Å². The standard InChI is InChI=1S/C14H23ClN6/c1-4-20(5-2)8-7-9-21(6-3)13-11-10-16-19-12(11)17-14(15)18-13/h10H,4-9H2,1-3H3,(H,16,17,18,19). The Hall–Kier alpha value is -1.40. The first kappa shape index (κ1) is 16.0. The molecule has 0 aliphatic heterocycles. The van der Waals surface area contributed by atoms with Gasteiger partial charge in [0, 0.05) is 13.1 Å². The van der Waals surface area contributed by atoms with E-state index in [0.29, 0.717) is 5.65 Å². The van der Waals surface area contributed by atoms with Gasteiger partial charge in [-0.2, -0.15) is 15.1 Å². The van der Waals surface area contributed by atoms with Gasteiger partial charge in [0.2, 0.25) is 5.28 Å². The monoisotopic (exact) mass is 310 g/mol. The Kier molecular flexibility index (Phi) is 5.76. The lowest BCUT2D eigenvalue weighted by atomic mass is 10.3. The number of aromatic amines is 1. The number of H-pyrrole nitrogens is 1. The summed E-state index contributed by atoms with van der Waals surface area (Å²) in [6.07, 6.45) is 2.85. The van der Waals surface area contributed by atoms with E-state index in [9.17, 15) is 0 Å². The lowest BCUT2D eigenvalue weighted by Crippen LogP contribution is -2.30. The van der Waals surface area contributed by atoms with Crippen molar-refractivity contribution in [2.45, 2.75) is 27.2 Å². The maximum Gasteiger partial charge on any atom is 0.226 e. The Morgan fingerprint density at radius 1 is 1.10 bits per heavy atom. The first-order valence-electron chi connectivity index (χ1n) is 7.53. The highest BCUT2D eigenvalue weighted by Crippen LogP contribution is 2.23. The molecule has 0 saturated heterocycles. The third kappa shape index (κ3) is 3.83. The number of hydrogen-bond donors (Lipinski definition) is 1. The van der Waals surface area contributed by atoms with Crippen molar-refractivity contribution in [3.63, 3.8) is 0 Å². The van der Waals surface area contributed by atoms with Crippen LogP contribution < -0.4 is 4.90 Å². The number of fused-ring (bicyclic) bond motifs is 1. The summed E-state index contributed by atoms with van der Waals surface area (Å²) in [5.74, 6) is 0.862. The van der Waals surface area contributed by atoms with Crippen molar-refractivity contribution in [1.29, 1.82) is 0 Å². The first-order chi connectivity index (χ1) is 10.2. The molecular weight excluding hydrogens is 288 g/mol. The zero-order chi connectivity index (χ0) is 15.2. The van der Waals surface area contributed by atoms with Gasteiger partial charge in [-0.1, -0.05) is 13.8 Å². The van der Waals surface area contributed by atoms with Crippen LogP contribution in [0.2, 0.25) is 5.28 Å². The highest BCUT2D eigenvalue weighted by Gasteiger charge is 2.14. The molecule has 0 radical (unpaired) electrons. The molecule has 2 heterocycles.